The number of methoxy groups -OCH3 is 1. The summed E-state index contributed by atoms with van der Waals surface area (Å²) in [4.78, 5) is 28.6. The lowest BCUT2D eigenvalue weighted by molar-refractivity contribution is -0.132. The maximum absolute atomic E-state index is 12.9. The minimum absolute atomic E-state index is 0.0577. The predicted octanol–water partition coefficient (Wildman–Crippen LogP) is 2.61. The van der Waals surface area contributed by atoms with Crippen molar-refractivity contribution in [1.82, 2.24) is 10.2 Å². The molecule has 148 valence electrons. The molecule has 0 saturated carbocycles. The van der Waals surface area contributed by atoms with Gasteiger partial charge in [-0.15, -0.1) is 0 Å². The van der Waals surface area contributed by atoms with Gasteiger partial charge in [-0.25, -0.2) is 0 Å². The molecule has 0 radical (unpaired) electrons. The molecule has 0 aromatic heterocycles. The summed E-state index contributed by atoms with van der Waals surface area (Å²) >= 11 is 0. The number of rotatable bonds is 6. The van der Waals surface area contributed by atoms with Gasteiger partial charge in [0.15, 0.2) is 0 Å². The van der Waals surface area contributed by atoms with E-state index in [0.29, 0.717) is 13.1 Å². The smallest absolute Gasteiger partial charge is 0.225 e. The van der Waals surface area contributed by atoms with E-state index < -0.39 is 0 Å². The third-order valence-electron chi connectivity index (χ3n) is 5.02. The molecule has 1 unspecified atom stereocenters. The summed E-state index contributed by atoms with van der Waals surface area (Å²) in [5, 5.41) is 2.90. The zero-order valence-corrected chi connectivity index (χ0v) is 16.4. The first-order valence-electron chi connectivity index (χ1n) is 9.56. The summed E-state index contributed by atoms with van der Waals surface area (Å²) in [5.41, 5.74) is 2.00. The maximum Gasteiger partial charge on any atom is 0.225 e. The Morgan fingerprint density at radius 2 is 1.64 bits per heavy atom. The molecule has 1 aliphatic heterocycles. The van der Waals surface area contributed by atoms with Crippen molar-refractivity contribution in [2.75, 3.05) is 38.2 Å². The number of nitrogens with zero attached hydrogens (tertiary/aromatic N) is 2. The molecular formula is C22H27N3O3. The summed E-state index contributed by atoms with van der Waals surface area (Å²) < 4.78 is 5.45. The second kappa shape index (κ2) is 9.26. The molecule has 1 atom stereocenters. The van der Waals surface area contributed by atoms with Crippen LogP contribution in [-0.2, 0) is 9.59 Å². The van der Waals surface area contributed by atoms with Gasteiger partial charge in [-0.05, 0) is 17.7 Å². The molecule has 3 rings (SSSR count). The van der Waals surface area contributed by atoms with Crippen LogP contribution < -0.4 is 15.0 Å². The summed E-state index contributed by atoms with van der Waals surface area (Å²) in [7, 11) is 1.67. The van der Waals surface area contributed by atoms with E-state index in [1.165, 1.54) is 6.92 Å². The number of carbonyl (C=O) groups excluding carboxylic acids is 2. The van der Waals surface area contributed by atoms with Crippen LogP contribution in [0.4, 0.5) is 5.69 Å². The first-order valence-corrected chi connectivity index (χ1v) is 9.56. The molecule has 1 heterocycles. The van der Waals surface area contributed by atoms with Gasteiger partial charge in [0, 0.05) is 33.1 Å². The lowest BCUT2D eigenvalue weighted by Gasteiger charge is -2.37. The molecule has 1 aliphatic rings. The van der Waals surface area contributed by atoms with Crippen LogP contribution in [0.15, 0.2) is 54.6 Å². The second-order valence-corrected chi connectivity index (χ2v) is 6.91. The molecule has 0 spiro atoms. The molecule has 1 saturated heterocycles. The SMILES string of the molecule is COc1ccccc1N1CCN(C(=O)CC(NC(C)=O)c2ccccc2)CC1. The lowest BCUT2D eigenvalue weighted by Crippen LogP contribution is -2.49. The molecule has 2 aromatic rings. The van der Waals surface area contributed by atoms with Crippen molar-refractivity contribution < 1.29 is 14.3 Å². The average Bonchev–Trinajstić information content (AvgIpc) is 2.73. The Balaban J connectivity index is 1.61. The summed E-state index contributed by atoms with van der Waals surface area (Å²) in [6.45, 7) is 4.29. The lowest BCUT2D eigenvalue weighted by atomic mass is 10.0. The fourth-order valence-electron chi connectivity index (χ4n) is 3.57. The molecule has 0 bridgehead atoms. The van der Waals surface area contributed by atoms with Gasteiger partial charge in [0.2, 0.25) is 11.8 Å². The van der Waals surface area contributed by atoms with Crippen molar-refractivity contribution in [3.63, 3.8) is 0 Å². The van der Waals surface area contributed by atoms with E-state index in [4.69, 9.17) is 4.74 Å². The van der Waals surface area contributed by atoms with Gasteiger partial charge < -0.3 is 19.9 Å². The van der Waals surface area contributed by atoms with E-state index >= 15 is 0 Å². The van der Waals surface area contributed by atoms with Gasteiger partial charge in [0.1, 0.15) is 5.75 Å². The maximum atomic E-state index is 12.9. The van der Waals surface area contributed by atoms with Crippen molar-refractivity contribution in [3.8, 4) is 5.75 Å². The third kappa shape index (κ3) is 4.82. The zero-order chi connectivity index (χ0) is 19.9. The van der Waals surface area contributed by atoms with Crippen LogP contribution in [0.5, 0.6) is 5.75 Å². The zero-order valence-electron chi connectivity index (χ0n) is 16.4. The van der Waals surface area contributed by atoms with E-state index in [0.717, 1.165) is 30.1 Å². The minimum atomic E-state index is -0.307. The van der Waals surface area contributed by atoms with Gasteiger partial charge >= 0.3 is 0 Å². The number of hydrogen-bond acceptors (Lipinski definition) is 4. The number of carbonyl (C=O) groups is 2. The predicted molar refractivity (Wildman–Crippen MR) is 109 cm³/mol. The van der Waals surface area contributed by atoms with E-state index in [2.05, 4.69) is 10.2 Å². The molecular weight excluding hydrogens is 354 g/mol. The fraction of sp³-hybridized carbons (Fsp3) is 0.364. The van der Waals surface area contributed by atoms with Crippen LogP contribution in [0.3, 0.4) is 0 Å². The van der Waals surface area contributed by atoms with Crippen LogP contribution in [-0.4, -0.2) is 50.0 Å². The first kappa shape index (κ1) is 19.7. The third-order valence-corrected chi connectivity index (χ3v) is 5.02. The Morgan fingerprint density at radius 3 is 2.29 bits per heavy atom. The highest BCUT2D eigenvalue weighted by molar-refractivity contribution is 5.79. The number of anilines is 1. The Labute approximate surface area is 166 Å². The van der Waals surface area contributed by atoms with Gasteiger partial charge in [-0.1, -0.05) is 42.5 Å². The fourth-order valence-corrected chi connectivity index (χ4v) is 3.57. The largest absolute Gasteiger partial charge is 0.495 e. The summed E-state index contributed by atoms with van der Waals surface area (Å²) in [5.74, 6) is 0.766. The van der Waals surface area contributed by atoms with Crippen LogP contribution in [0, 0.1) is 0 Å². The Kier molecular flexibility index (Phi) is 6.53. The summed E-state index contributed by atoms with van der Waals surface area (Å²) in [6.07, 6.45) is 0.262. The minimum Gasteiger partial charge on any atom is -0.495 e. The number of nitrogens with one attached hydrogen (secondary N) is 1. The van der Waals surface area contributed by atoms with E-state index in [1.54, 1.807) is 7.11 Å². The van der Waals surface area contributed by atoms with Gasteiger partial charge in [0.05, 0.1) is 25.3 Å². The topological polar surface area (TPSA) is 61.9 Å². The van der Waals surface area contributed by atoms with E-state index in [9.17, 15) is 9.59 Å². The van der Waals surface area contributed by atoms with Gasteiger partial charge in [0.25, 0.3) is 0 Å². The number of benzene rings is 2. The van der Waals surface area contributed by atoms with Crippen LogP contribution in [0.25, 0.3) is 0 Å². The molecule has 2 amide bonds. The first-order chi connectivity index (χ1) is 13.6. The van der Waals surface area contributed by atoms with Gasteiger partial charge in [-0.3, -0.25) is 9.59 Å². The molecule has 6 nitrogen and oxygen atoms in total. The van der Waals surface area contributed by atoms with E-state index in [-0.39, 0.29) is 24.3 Å². The monoisotopic (exact) mass is 381 g/mol. The molecule has 6 heteroatoms. The Morgan fingerprint density at radius 1 is 1.00 bits per heavy atom. The van der Waals surface area contributed by atoms with Crippen LogP contribution >= 0.6 is 0 Å². The Hall–Kier alpha value is -3.02. The van der Waals surface area contributed by atoms with Crippen molar-refractivity contribution in [2.45, 2.75) is 19.4 Å². The molecule has 28 heavy (non-hydrogen) atoms. The average molecular weight is 381 g/mol. The Bertz CT molecular complexity index is 802. The van der Waals surface area contributed by atoms with Crippen LogP contribution in [0.1, 0.15) is 24.9 Å². The van der Waals surface area contributed by atoms with Crippen molar-refractivity contribution in [2.24, 2.45) is 0 Å². The number of amides is 2. The quantitative estimate of drug-likeness (QED) is 0.836. The molecule has 1 fully saturated rings. The number of ether oxygens (including phenoxy) is 1. The number of para-hydroxylation sites is 2. The highest BCUT2D eigenvalue weighted by Gasteiger charge is 2.25. The molecule has 1 N–H and O–H groups in total. The standard InChI is InChI=1S/C22H27N3O3/c1-17(26)23-19(18-8-4-3-5-9-18)16-22(27)25-14-12-24(13-15-25)20-10-6-7-11-21(20)28-2/h3-11,19H,12-16H2,1-2H3,(H,23,26). The van der Waals surface area contributed by atoms with Crippen LogP contribution in [0.2, 0.25) is 0 Å². The number of piperazine rings is 1. The van der Waals surface area contributed by atoms with Gasteiger partial charge in [-0.2, -0.15) is 0 Å². The highest BCUT2D eigenvalue weighted by Crippen LogP contribution is 2.28. The van der Waals surface area contributed by atoms with Crippen molar-refractivity contribution >= 4 is 17.5 Å². The highest BCUT2D eigenvalue weighted by atomic mass is 16.5. The summed E-state index contributed by atoms with van der Waals surface area (Å²) in [6, 6.07) is 17.3. The van der Waals surface area contributed by atoms with E-state index in [1.807, 2.05) is 59.5 Å². The van der Waals surface area contributed by atoms with Crippen molar-refractivity contribution in [1.29, 1.82) is 0 Å². The molecule has 0 aliphatic carbocycles. The molecule has 2 aromatic carbocycles. The normalized spacial score (nSPS) is 15.1. The van der Waals surface area contributed by atoms with Crippen molar-refractivity contribution in [3.05, 3.63) is 60.2 Å². The second-order valence-electron chi connectivity index (χ2n) is 6.91. The number of hydrogen-bond donors (Lipinski definition) is 1.